The van der Waals surface area contributed by atoms with Crippen molar-refractivity contribution in [2.45, 2.75) is 38.3 Å². The van der Waals surface area contributed by atoms with Crippen molar-refractivity contribution in [1.29, 1.82) is 0 Å². The highest BCUT2D eigenvalue weighted by atomic mass is 16.3. The monoisotopic (exact) mass is 368 g/mol. The van der Waals surface area contributed by atoms with Crippen LogP contribution >= 0.6 is 0 Å². The van der Waals surface area contributed by atoms with Crippen LogP contribution in [0.4, 0.5) is 0 Å². The van der Waals surface area contributed by atoms with E-state index in [4.69, 9.17) is 0 Å². The second kappa shape index (κ2) is 7.82. The predicted molar refractivity (Wildman–Crippen MR) is 103 cm³/mol. The van der Waals surface area contributed by atoms with Gasteiger partial charge in [0.2, 0.25) is 0 Å². The molecule has 1 aromatic heterocycles. The van der Waals surface area contributed by atoms with Crippen LogP contribution in [0.1, 0.15) is 34.6 Å². The van der Waals surface area contributed by atoms with E-state index in [0.29, 0.717) is 6.04 Å². The Bertz CT molecular complexity index is 767. The standard InChI is InChI=1S/C21H28N4O2/c1-15-11-18(23-22-15)12-17-13-25(14-20(17)26)19-7-9-24(10-8-19)21(27)16-5-3-2-4-6-16/h2-6,11,17,19-20,26H,7-10,12-14H2,1H3,(H,22,23)/t17-,20-/m1/s1. The number of rotatable bonds is 4. The first-order valence-electron chi connectivity index (χ1n) is 9.87. The molecule has 2 fully saturated rings. The number of β-amino-alcohol motifs (C(OH)–C–C–N with tert-alkyl or cyclic N) is 1. The third kappa shape index (κ3) is 4.06. The van der Waals surface area contributed by atoms with Crippen LogP contribution in [0.2, 0.25) is 0 Å². The number of amides is 1. The highest BCUT2D eigenvalue weighted by Crippen LogP contribution is 2.27. The Morgan fingerprint density at radius 3 is 2.63 bits per heavy atom. The lowest BCUT2D eigenvalue weighted by Gasteiger charge is -2.36. The molecular weight excluding hydrogens is 340 g/mol. The average Bonchev–Trinajstić information content (AvgIpc) is 3.28. The fraction of sp³-hybridized carbons (Fsp3) is 0.524. The Kier molecular flexibility index (Phi) is 5.27. The summed E-state index contributed by atoms with van der Waals surface area (Å²) >= 11 is 0. The molecule has 6 heteroatoms. The molecule has 0 unspecified atom stereocenters. The van der Waals surface area contributed by atoms with Gasteiger partial charge in [0.15, 0.2) is 0 Å². The fourth-order valence-corrected chi connectivity index (χ4v) is 4.43. The van der Waals surface area contributed by atoms with Crippen molar-refractivity contribution in [3.8, 4) is 0 Å². The second-order valence-corrected chi connectivity index (χ2v) is 7.92. The maximum absolute atomic E-state index is 12.6. The highest BCUT2D eigenvalue weighted by Gasteiger charge is 2.37. The van der Waals surface area contributed by atoms with E-state index >= 15 is 0 Å². The minimum absolute atomic E-state index is 0.127. The number of carbonyl (C=O) groups excluding carboxylic acids is 1. The molecule has 2 aromatic rings. The Morgan fingerprint density at radius 2 is 1.96 bits per heavy atom. The van der Waals surface area contributed by atoms with E-state index in [1.54, 1.807) is 0 Å². The number of benzene rings is 1. The molecule has 6 nitrogen and oxygen atoms in total. The molecule has 27 heavy (non-hydrogen) atoms. The van der Waals surface area contributed by atoms with Crippen molar-refractivity contribution < 1.29 is 9.90 Å². The molecule has 0 saturated carbocycles. The van der Waals surface area contributed by atoms with E-state index in [1.165, 1.54) is 0 Å². The average molecular weight is 368 g/mol. The fourth-order valence-electron chi connectivity index (χ4n) is 4.43. The van der Waals surface area contributed by atoms with Crippen LogP contribution in [-0.4, -0.2) is 69.3 Å². The van der Waals surface area contributed by atoms with E-state index in [9.17, 15) is 9.90 Å². The number of nitrogens with zero attached hydrogens (tertiary/aromatic N) is 3. The minimum atomic E-state index is -0.300. The number of hydrogen-bond donors (Lipinski definition) is 2. The molecule has 0 spiro atoms. The summed E-state index contributed by atoms with van der Waals surface area (Å²) in [6, 6.07) is 12.0. The minimum Gasteiger partial charge on any atom is -0.391 e. The molecule has 0 bridgehead atoms. The van der Waals surface area contributed by atoms with E-state index < -0.39 is 0 Å². The third-order valence-corrected chi connectivity index (χ3v) is 5.95. The number of carbonyl (C=O) groups is 1. The van der Waals surface area contributed by atoms with Gasteiger partial charge in [0.05, 0.1) is 11.8 Å². The summed E-state index contributed by atoms with van der Waals surface area (Å²) in [6.45, 7) is 5.20. The molecule has 0 aliphatic carbocycles. The number of H-pyrrole nitrogens is 1. The van der Waals surface area contributed by atoms with E-state index in [2.05, 4.69) is 21.2 Å². The normalized spacial score (nSPS) is 24.4. The summed E-state index contributed by atoms with van der Waals surface area (Å²) < 4.78 is 0. The highest BCUT2D eigenvalue weighted by molar-refractivity contribution is 5.94. The molecule has 2 saturated heterocycles. The van der Waals surface area contributed by atoms with Gasteiger partial charge in [-0.1, -0.05) is 18.2 Å². The van der Waals surface area contributed by atoms with Gasteiger partial charge >= 0.3 is 0 Å². The Labute approximate surface area is 160 Å². The number of aliphatic hydroxyl groups is 1. The van der Waals surface area contributed by atoms with Crippen molar-refractivity contribution in [2.24, 2.45) is 5.92 Å². The van der Waals surface area contributed by atoms with Gasteiger partial charge in [-0.3, -0.25) is 14.8 Å². The summed E-state index contributed by atoms with van der Waals surface area (Å²) in [4.78, 5) is 17.0. The first-order chi connectivity index (χ1) is 13.1. The number of aromatic amines is 1. The van der Waals surface area contributed by atoms with Crippen LogP contribution in [-0.2, 0) is 6.42 Å². The molecule has 2 aliphatic rings. The Morgan fingerprint density at radius 1 is 1.22 bits per heavy atom. The zero-order valence-electron chi connectivity index (χ0n) is 15.8. The molecule has 2 N–H and O–H groups in total. The van der Waals surface area contributed by atoms with E-state index in [1.807, 2.05) is 42.2 Å². The lowest BCUT2D eigenvalue weighted by atomic mass is 9.99. The molecule has 3 heterocycles. The molecule has 2 aliphatic heterocycles. The summed E-state index contributed by atoms with van der Waals surface area (Å²) in [5, 5.41) is 17.8. The number of likely N-dealkylation sites (tertiary alicyclic amines) is 2. The zero-order valence-corrected chi connectivity index (χ0v) is 15.8. The van der Waals surface area contributed by atoms with Crippen molar-refractivity contribution in [1.82, 2.24) is 20.0 Å². The maximum Gasteiger partial charge on any atom is 0.253 e. The number of piperidine rings is 1. The van der Waals surface area contributed by atoms with Crippen molar-refractivity contribution in [2.75, 3.05) is 26.2 Å². The lowest BCUT2D eigenvalue weighted by Crippen LogP contribution is -2.46. The van der Waals surface area contributed by atoms with Gasteiger partial charge in [-0.15, -0.1) is 0 Å². The second-order valence-electron chi connectivity index (χ2n) is 7.92. The molecular formula is C21H28N4O2. The van der Waals surface area contributed by atoms with Crippen LogP contribution in [0.5, 0.6) is 0 Å². The summed E-state index contributed by atoms with van der Waals surface area (Å²) in [7, 11) is 0. The van der Waals surface area contributed by atoms with Crippen molar-refractivity contribution in [3.63, 3.8) is 0 Å². The number of aryl methyl sites for hydroxylation is 1. The largest absolute Gasteiger partial charge is 0.391 e. The number of hydrogen-bond acceptors (Lipinski definition) is 4. The predicted octanol–water partition coefficient (Wildman–Crippen LogP) is 1.86. The quantitative estimate of drug-likeness (QED) is 0.864. The zero-order chi connectivity index (χ0) is 18.8. The van der Waals surface area contributed by atoms with E-state index in [0.717, 1.165) is 62.4 Å². The van der Waals surface area contributed by atoms with Crippen LogP contribution in [0.3, 0.4) is 0 Å². The van der Waals surface area contributed by atoms with Crippen LogP contribution < -0.4 is 0 Å². The van der Waals surface area contributed by atoms with Crippen LogP contribution in [0.25, 0.3) is 0 Å². The third-order valence-electron chi connectivity index (χ3n) is 5.95. The lowest BCUT2D eigenvalue weighted by molar-refractivity contribution is 0.0627. The first kappa shape index (κ1) is 18.2. The van der Waals surface area contributed by atoms with Crippen molar-refractivity contribution in [3.05, 3.63) is 53.3 Å². The number of aromatic nitrogens is 2. The smallest absolute Gasteiger partial charge is 0.253 e. The van der Waals surface area contributed by atoms with Gasteiger partial charge in [-0.25, -0.2) is 0 Å². The van der Waals surface area contributed by atoms with E-state index in [-0.39, 0.29) is 17.9 Å². The molecule has 1 aromatic carbocycles. The first-order valence-corrected chi connectivity index (χ1v) is 9.87. The molecule has 144 valence electrons. The molecule has 1 amide bonds. The summed E-state index contributed by atoms with van der Waals surface area (Å²) in [5.41, 5.74) is 2.85. The summed E-state index contributed by atoms with van der Waals surface area (Å²) in [6.07, 6.45) is 2.46. The van der Waals surface area contributed by atoms with Crippen LogP contribution in [0, 0.1) is 12.8 Å². The van der Waals surface area contributed by atoms with Crippen molar-refractivity contribution >= 4 is 5.91 Å². The Hall–Kier alpha value is -2.18. The van der Waals surface area contributed by atoms with Gasteiger partial charge in [0.25, 0.3) is 5.91 Å². The number of nitrogens with one attached hydrogen (secondary N) is 1. The molecule has 4 rings (SSSR count). The van der Waals surface area contributed by atoms with Gasteiger partial charge in [0.1, 0.15) is 0 Å². The van der Waals surface area contributed by atoms with Gasteiger partial charge in [-0.05, 0) is 44.4 Å². The topological polar surface area (TPSA) is 72.5 Å². The maximum atomic E-state index is 12.6. The molecule has 2 atom stereocenters. The van der Waals surface area contributed by atoms with Crippen LogP contribution in [0.15, 0.2) is 36.4 Å². The number of aliphatic hydroxyl groups excluding tert-OH is 1. The van der Waals surface area contributed by atoms with Gasteiger partial charge < -0.3 is 10.0 Å². The Balaban J connectivity index is 1.30. The van der Waals surface area contributed by atoms with Gasteiger partial charge in [0, 0.05) is 49.4 Å². The SMILES string of the molecule is Cc1cc(C[C@@H]2CN(C3CCN(C(=O)c4ccccc4)CC3)C[C@H]2O)n[nH]1. The van der Waals surface area contributed by atoms with Gasteiger partial charge in [-0.2, -0.15) is 5.10 Å². The summed E-state index contributed by atoms with van der Waals surface area (Å²) in [5.74, 6) is 0.360. The molecule has 0 radical (unpaired) electrons.